The van der Waals surface area contributed by atoms with Gasteiger partial charge in [-0.05, 0) is 52.2 Å². The molecule has 0 radical (unpaired) electrons. The smallest absolute Gasteiger partial charge is 0.399 e. The van der Waals surface area contributed by atoms with E-state index in [0.29, 0.717) is 12.4 Å². The first-order valence-electron chi connectivity index (χ1n) is 6.61. The van der Waals surface area contributed by atoms with Crippen molar-refractivity contribution in [2.75, 3.05) is 6.61 Å². The van der Waals surface area contributed by atoms with Gasteiger partial charge in [0.15, 0.2) is 5.75 Å². The Labute approximate surface area is 115 Å². The minimum absolute atomic E-state index is 0.321. The van der Waals surface area contributed by atoms with E-state index in [0.717, 1.165) is 5.46 Å². The van der Waals surface area contributed by atoms with Crippen molar-refractivity contribution in [2.24, 2.45) is 0 Å². The average Bonchev–Trinajstić information content (AvgIpc) is 2.56. The molecule has 1 heterocycles. The first-order valence-corrected chi connectivity index (χ1v) is 6.61. The summed E-state index contributed by atoms with van der Waals surface area (Å²) < 4.78 is 12.0. The summed E-state index contributed by atoms with van der Waals surface area (Å²) in [4.78, 5) is 9.96. The van der Waals surface area contributed by atoms with Crippen molar-refractivity contribution in [3.8, 4) is 5.75 Å². The fourth-order valence-electron chi connectivity index (χ4n) is 1.79. The zero-order valence-corrected chi connectivity index (χ0v) is 12.2. The van der Waals surface area contributed by atoms with Crippen LogP contribution in [-0.4, -0.2) is 24.9 Å². The lowest BCUT2D eigenvalue weighted by atomic mass is 9.79. The Balaban J connectivity index is 2.08. The van der Waals surface area contributed by atoms with Crippen LogP contribution in [0.15, 0.2) is 24.3 Å². The van der Waals surface area contributed by atoms with Crippen LogP contribution in [0.1, 0.15) is 34.6 Å². The standard InChI is InChI=1S/C14H21BO4/c1-6-16-17-12-9-7-11(8-10-12)15-18-13(2,3)14(4,5)19-15/h7-10H,6H2,1-5H3. The van der Waals surface area contributed by atoms with Crippen LogP contribution < -0.4 is 10.4 Å². The number of hydrogen-bond donors (Lipinski definition) is 0. The summed E-state index contributed by atoms with van der Waals surface area (Å²) in [5, 5.41) is 0. The van der Waals surface area contributed by atoms with Crippen molar-refractivity contribution < 1.29 is 19.1 Å². The molecule has 1 saturated heterocycles. The van der Waals surface area contributed by atoms with Gasteiger partial charge in [-0.1, -0.05) is 12.1 Å². The Bertz CT molecular complexity index is 412. The van der Waals surface area contributed by atoms with Gasteiger partial charge in [0.05, 0.1) is 17.8 Å². The summed E-state index contributed by atoms with van der Waals surface area (Å²) in [6.45, 7) is 10.6. The van der Waals surface area contributed by atoms with Gasteiger partial charge in [-0.2, -0.15) is 4.89 Å². The highest BCUT2D eigenvalue weighted by Gasteiger charge is 2.51. The van der Waals surface area contributed by atoms with Crippen molar-refractivity contribution in [3.63, 3.8) is 0 Å². The molecule has 1 fully saturated rings. The number of benzene rings is 1. The van der Waals surface area contributed by atoms with Crippen LogP contribution in [-0.2, 0) is 14.2 Å². The van der Waals surface area contributed by atoms with E-state index in [2.05, 4.69) is 0 Å². The van der Waals surface area contributed by atoms with Crippen molar-refractivity contribution in [1.29, 1.82) is 0 Å². The molecule has 1 aromatic carbocycles. The Morgan fingerprint density at radius 2 is 1.53 bits per heavy atom. The van der Waals surface area contributed by atoms with E-state index in [4.69, 9.17) is 19.1 Å². The first-order chi connectivity index (χ1) is 8.86. The molecule has 0 aliphatic carbocycles. The lowest BCUT2D eigenvalue weighted by Crippen LogP contribution is -2.41. The van der Waals surface area contributed by atoms with Crippen LogP contribution in [0.3, 0.4) is 0 Å². The molecule has 5 heteroatoms. The van der Waals surface area contributed by atoms with E-state index in [9.17, 15) is 0 Å². The van der Waals surface area contributed by atoms with Gasteiger partial charge in [-0.15, -0.1) is 0 Å². The second-order valence-corrected chi connectivity index (χ2v) is 5.65. The van der Waals surface area contributed by atoms with Crippen LogP contribution in [0.4, 0.5) is 0 Å². The first kappa shape index (κ1) is 14.4. The third kappa shape index (κ3) is 2.94. The van der Waals surface area contributed by atoms with E-state index >= 15 is 0 Å². The number of hydrogen-bond acceptors (Lipinski definition) is 4. The monoisotopic (exact) mass is 264 g/mol. The fraction of sp³-hybridized carbons (Fsp3) is 0.571. The van der Waals surface area contributed by atoms with E-state index in [1.54, 1.807) is 0 Å². The fourth-order valence-corrected chi connectivity index (χ4v) is 1.79. The zero-order chi connectivity index (χ0) is 14.1. The molecule has 104 valence electrons. The molecule has 19 heavy (non-hydrogen) atoms. The minimum Gasteiger partial charge on any atom is -0.399 e. The lowest BCUT2D eigenvalue weighted by Gasteiger charge is -2.32. The molecule has 0 atom stereocenters. The lowest BCUT2D eigenvalue weighted by molar-refractivity contribution is -0.202. The van der Waals surface area contributed by atoms with Crippen molar-refractivity contribution in [3.05, 3.63) is 24.3 Å². The summed E-state index contributed by atoms with van der Waals surface area (Å²) in [5.74, 6) is 0.669. The van der Waals surface area contributed by atoms with Crippen LogP contribution in [0, 0.1) is 0 Å². The predicted octanol–water partition coefficient (Wildman–Crippen LogP) is 2.32. The molecule has 0 saturated carbocycles. The summed E-state index contributed by atoms with van der Waals surface area (Å²) in [6, 6.07) is 7.54. The van der Waals surface area contributed by atoms with Gasteiger partial charge in [0.2, 0.25) is 0 Å². The molecular weight excluding hydrogens is 243 g/mol. The third-order valence-corrected chi connectivity index (χ3v) is 3.68. The molecule has 1 aliphatic heterocycles. The molecule has 2 rings (SSSR count). The average molecular weight is 264 g/mol. The normalized spacial score (nSPS) is 20.6. The molecular formula is C14H21BO4. The SMILES string of the molecule is CCOOc1ccc(B2OC(C)(C)C(C)(C)O2)cc1. The maximum absolute atomic E-state index is 5.98. The Kier molecular flexibility index (Phi) is 3.90. The molecule has 0 aromatic heterocycles. The zero-order valence-electron chi connectivity index (χ0n) is 12.2. The van der Waals surface area contributed by atoms with E-state index in [1.165, 1.54) is 0 Å². The highest BCUT2D eigenvalue weighted by Crippen LogP contribution is 2.36. The Hall–Kier alpha value is -1.04. The number of rotatable bonds is 4. The molecule has 0 unspecified atom stereocenters. The topological polar surface area (TPSA) is 36.9 Å². The highest BCUT2D eigenvalue weighted by atomic mass is 17.2. The van der Waals surface area contributed by atoms with E-state index in [1.807, 2.05) is 58.9 Å². The van der Waals surface area contributed by atoms with Gasteiger partial charge < -0.3 is 14.2 Å². The second kappa shape index (κ2) is 5.15. The summed E-state index contributed by atoms with van der Waals surface area (Å²) in [7, 11) is -0.342. The maximum Gasteiger partial charge on any atom is 0.494 e. The molecule has 1 aromatic rings. The maximum atomic E-state index is 5.98. The van der Waals surface area contributed by atoms with Crippen LogP contribution in [0.25, 0.3) is 0 Å². The molecule has 1 aliphatic rings. The van der Waals surface area contributed by atoms with Gasteiger partial charge in [-0.3, -0.25) is 0 Å². The van der Waals surface area contributed by atoms with Gasteiger partial charge in [0, 0.05) is 0 Å². The van der Waals surface area contributed by atoms with Crippen molar-refractivity contribution in [2.45, 2.75) is 45.8 Å². The van der Waals surface area contributed by atoms with Crippen molar-refractivity contribution >= 4 is 12.6 Å². The minimum atomic E-state index is -0.342. The van der Waals surface area contributed by atoms with Crippen LogP contribution >= 0.6 is 0 Å². The van der Waals surface area contributed by atoms with Gasteiger partial charge in [0.1, 0.15) is 0 Å². The molecule has 0 spiro atoms. The predicted molar refractivity (Wildman–Crippen MR) is 74.4 cm³/mol. The van der Waals surface area contributed by atoms with E-state index < -0.39 is 0 Å². The van der Waals surface area contributed by atoms with Crippen LogP contribution in [0.5, 0.6) is 5.75 Å². The highest BCUT2D eigenvalue weighted by molar-refractivity contribution is 6.62. The Morgan fingerprint density at radius 1 is 1.00 bits per heavy atom. The largest absolute Gasteiger partial charge is 0.494 e. The van der Waals surface area contributed by atoms with Gasteiger partial charge in [0.25, 0.3) is 0 Å². The van der Waals surface area contributed by atoms with E-state index in [-0.39, 0.29) is 18.3 Å². The molecule has 4 nitrogen and oxygen atoms in total. The molecule has 0 N–H and O–H groups in total. The third-order valence-electron chi connectivity index (χ3n) is 3.68. The summed E-state index contributed by atoms with van der Waals surface area (Å²) in [6.07, 6.45) is 0. The molecule has 0 bridgehead atoms. The summed E-state index contributed by atoms with van der Waals surface area (Å²) in [5.41, 5.74) is 0.332. The quantitative estimate of drug-likeness (QED) is 0.475. The second-order valence-electron chi connectivity index (χ2n) is 5.65. The van der Waals surface area contributed by atoms with Crippen molar-refractivity contribution in [1.82, 2.24) is 0 Å². The van der Waals surface area contributed by atoms with Gasteiger partial charge >= 0.3 is 7.12 Å². The Morgan fingerprint density at radius 3 is 2.00 bits per heavy atom. The summed E-state index contributed by atoms with van der Waals surface area (Å²) >= 11 is 0. The van der Waals surface area contributed by atoms with Gasteiger partial charge in [-0.25, -0.2) is 0 Å². The van der Waals surface area contributed by atoms with Crippen LogP contribution in [0.2, 0.25) is 0 Å². The molecule has 0 amide bonds.